The van der Waals surface area contributed by atoms with Crippen LogP contribution in [-0.4, -0.2) is 32.1 Å². The molecule has 0 spiro atoms. The molecular weight excluding hydrogens is 360 g/mol. The lowest BCUT2D eigenvalue weighted by molar-refractivity contribution is -0.122. The van der Waals surface area contributed by atoms with E-state index < -0.39 is 17.8 Å². The number of hydrogen-bond donors (Lipinski definition) is 1. The number of nitrogens with zero attached hydrogens (tertiary/aromatic N) is 1. The summed E-state index contributed by atoms with van der Waals surface area (Å²) in [6, 6.07) is 13.2. The summed E-state index contributed by atoms with van der Waals surface area (Å²) in [6.45, 7) is 0. The van der Waals surface area contributed by atoms with Crippen LogP contribution < -0.4 is 19.7 Å². The van der Waals surface area contributed by atoms with Crippen LogP contribution in [-0.2, 0) is 9.59 Å². The third-order valence-corrected chi connectivity index (χ3v) is 4.08. The molecular formula is C21H18N2O5. The molecule has 28 heavy (non-hydrogen) atoms. The number of methoxy groups -OCH3 is 2. The fourth-order valence-electron chi connectivity index (χ4n) is 2.70. The van der Waals surface area contributed by atoms with E-state index in [2.05, 4.69) is 5.32 Å². The highest BCUT2D eigenvalue weighted by Gasteiger charge is 2.36. The zero-order valence-corrected chi connectivity index (χ0v) is 15.3. The van der Waals surface area contributed by atoms with Gasteiger partial charge in [-0.2, -0.15) is 0 Å². The van der Waals surface area contributed by atoms with Gasteiger partial charge in [0.15, 0.2) is 11.5 Å². The topological polar surface area (TPSA) is 84.9 Å². The molecule has 1 aliphatic rings. The number of imide groups is 2. The van der Waals surface area contributed by atoms with Crippen LogP contribution in [0.15, 0.2) is 66.3 Å². The average molecular weight is 378 g/mol. The molecule has 4 amide bonds. The van der Waals surface area contributed by atoms with Crippen molar-refractivity contribution in [2.45, 2.75) is 0 Å². The van der Waals surface area contributed by atoms with Gasteiger partial charge in [-0.15, -0.1) is 0 Å². The Morgan fingerprint density at radius 1 is 0.929 bits per heavy atom. The summed E-state index contributed by atoms with van der Waals surface area (Å²) in [5.74, 6) is -0.663. The molecule has 1 saturated heterocycles. The van der Waals surface area contributed by atoms with E-state index in [0.29, 0.717) is 11.5 Å². The van der Waals surface area contributed by atoms with E-state index in [1.54, 1.807) is 18.2 Å². The van der Waals surface area contributed by atoms with Crippen LogP contribution in [0.25, 0.3) is 6.08 Å². The van der Waals surface area contributed by atoms with Gasteiger partial charge < -0.3 is 9.47 Å². The van der Waals surface area contributed by atoms with Crippen LogP contribution in [0.3, 0.4) is 0 Å². The molecule has 1 aliphatic heterocycles. The molecule has 0 aromatic heterocycles. The number of hydrogen-bond acceptors (Lipinski definition) is 5. The Hall–Kier alpha value is -3.87. The van der Waals surface area contributed by atoms with Crippen LogP contribution in [0.5, 0.6) is 11.5 Å². The first-order chi connectivity index (χ1) is 13.5. The second-order valence-electron chi connectivity index (χ2n) is 5.79. The van der Waals surface area contributed by atoms with Crippen LogP contribution in [0, 0.1) is 0 Å². The molecule has 0 atom stereocenters. The molecule has 0 unspecified atom stereocenters. The summed E-state index contributed by atoms with van der Waals surface area (Å²) < 4.78 is 10.4. The van der Waals surface area contributed by atoms with Crippen molar-refractivity contribution in [3.05, 3.63) is 71.8 Å². The van der Waals surface area contributed by atoms with Gasteiger partial charge in [0.25, 0.3) is 11.8 Å². The quantitative estimate of drug-likeness (QED) is 0.639. The van der Waals surface area contributed by atoms with Crippen molar-refractivity contribution in [1.29, 1.82) is 0 Å². The summed E-state index contributed by atoms with van der Waals surface area (Å²) in [7, 11) is 2.93. The Morgan fingerprint density at radius 3 is 2.32 bits per heavy atom. The van der Waals surface area contributed by atoms with Gasteiger partial charge in [0.1, 0.15) is 5.57 Å². The predicted octanol–water partition coefficient (Wildman–Crippen LogP) is 2.93. The van der Waals surface area contributed by atoms with Gasteiger partial charge in [-0.1, -0.05) is 42.5 Å². The summed E-state index contributed by atoms with van der Waals surface area (Å²) in [5, 5.41) is 2.18. The Bertz CT molecular complexity index is 980. The second kappa shape index (κ2) is 8.22. The Labute approximate surface area is 161 Å². The number of ether oxygens (including phenoxy) is 2. The number of amides is 4. The number of carbonyl (C=O) groups excluding carboxylic acids is 3. The molecule has 0 aliphatic carbocycles. The van der Waals surface area contributed by atoms with E-state index in [1.165, 1.54) is 32.4 Å². The fourth-order valence-corrected chi connectivity index (χ4v) is 2.70. The normalized spacial score (nSPS) is 15.9. The highest BCUT2D eigenvalue weighted by molar-refractivity contribution is 6.37. The third kappa shape index (κ3) is 3.78. The van der Waals surface area contributed by atoms with Crippen LogP contribution in [0.2, 0.25) is 0 Å². The predicted molar refractivity (Wildman–Crippen MR) is 104 cm³/mol. The van der Waals surface area contributed by atoms with Gasteiger partial charge in [0, 0.05) is 6.07 Å². The number of carbonyl (C=O) groups is 3. The standard InChI is InChI=1S/C21H18N2O5/c1-27-17-12-11-15(13-18(17)28-2)23-20(25)16(19(24)22-21(23)26)10-6-9-14-7-4-3-5-8-14/h3-13H,1-2H3,(H,22,24,26)/b9-6+,16-10+. The van der Waals surface area contributed by atoms with Crippen molar-refractivity contribution in [2.75, 3.05) is 19.1 Å². The number of rotatable bonds is 5. The summed E-state index contributed by atoms with van der Waals surface area (Å²) >= 11 is 0. The van der Waals surface area contributed by atoms with Crippen LogP contribution in [0.4, 0.5) is 10.5 Å². The molecule has 3 rings (SSSR count). The summed E-state index contributed by atoms with van der Waals surface area (Å²) in [5.41, 5.74) is 1.02. The number of urea groups is 1. The zero-order valence-electron chi connectivity index (χ0n) is 15.3. The van der Waals surface area contributed by atoms with Gasteiger partial charge in [0.05, 0.1) is 19.9 Å². The van der Waals surface area contributed by atoms with Gasteiger partial charge in [-0.05, 0) is 23.8 Å². The van der Waals surface area contributed by atoms with E-state index >= 15 is 0 Å². The van der Waals surface area contributed by atoms with E-state index in [1.807, 2.05) is 30.3 Å². The summed E-state index contributed by atoms with van der Waals surface area (Å²) in [6.07, 6.45) is 4.72. The molecule has 1 heterocycles. The second-order valence-corrected chi connectivity index (χ2v) is 5.79. The lowest BCUT2D eigenvalue weighted by Crippen LogP contribution is -2.54. The Kier molecular flexibility index (Phi) is 5.55. The van der Waals surface area contributed by atoms with Gasteiger partial charge in [-0.25, -0.2) is 9.69 Å². The van der Waals surface area contributed by atoms with Crippen molar-refractivity contribution in [1.82, 2.24) is 5.32 Å². The first-order valence-electron chi connectivity index (χ1n) is 8.40. The molecule has 0 radical (unpaired) electrons. The van der Waals surface area contributed by atoms with Crippen molar-refractivity contribution in [3.8, 4) is 11.5 Å². The number of benzene rings is 2. The Morgan fingerprint density at radius 2 is 1.64 bits per heavy atom. The lowest BCUT2D eigenvalue weighted by Gasteiger charge is -2.26. The van der Waals surface area contributed by atoms with E-state index in [0.717, 1.165) is 10.5 Å². The third-order valence-electron chi connectivity index (χ3n) is 4.08. The molecule has 0 saturated carbocycles. The smallest absolute Gasteiger partial charge is 0.335 e. The minimum atomic E-state index is -0.827. The maximum absolute atomic E-state index is 12.8. The molecule has 7 heteroatoms. The molecule has 2 aromatic carbocycles. The highest BCUT2D eigenvalue weighted by atomic mass is 16.5. The lowest BCUT2D eigenvalue weighted by atomic mass is 10.1. The minimum absolute atomic E-state index is 0.151. The minimum Gasteiger partial charge on any atom is -0.493 e. The van der Waals surface area contributed by atoms with Crippen LogP contribution in [0.1, 0.15) is 5.56 Å². The van der Waals surface area contributed by atoms with E-state index in [-0.39, 0.29) is 11.3 Å². The zero-order chi connectivity index (χ0) is 20.1. The number of anilines is 1. The highest BCUT2D eigenvalue weighted by Crippen LogP contribution is 2.32. The van der Waals surface area contributed by atoms with E-state index in [4.69, 9.17) is 9.47 Å². The molecule has 0 bridgehead atoms. The van der Waals surface area contributed by atoms with Crippen molar-refractivity contribution in [3.63, 3.8) is 0 Å². The van der Waals surface area contributed by atoms with Crippen molar-refractivity contribution in [2.24, 2.45) is 0 Å². The molecule has 2 aromatic rings. The first kappa shape index (κ1) is 18.9. The number of barbiturate groups is 1. The van der Waals surface area contributed by atoms with Gasteiger partial charge in [0.2, 0.25) is 0 Å². The number of nitrogens with one attached hydrogen (secondary N) is 1. The maximum Gasteiger partial charge on any atom is 0.335 e. The van der Waals surface area contributed by atoms with E-state index in [9.17, 15) is 14.4 Å². The number of allylic oxidation sites excluding steroid dienone is 2. The maximum atomic E-state index is 12.8. The summed E-state index contributed by atoms with van der Waals surface area (Å²) in [4.78, 5) is 38.1. The average Bonchev–Trinajstić information content (AvgIpc) is 2.70. The van der Waals surface area contributed by atoms with Gasteiger partial charge >= 0.3 is 6.03 Å². The molecule has 1 N–H and O–H groups in total. The largest absolute Gasteiger partial charge is 0.493 e. The Balaban J connectivity index is 1.92. The first-order valence-corrected chi connectivity index (χ1v) is 8.40. The fraction of sp³-hybridized carbons (Fsp3) is 0.0952. The SMILES string of the molecule is COc1ccc(N2C(=O)NC(=O)/C(=C\C=C\c3ccccc3)C2=O)cc1OC. The van der Waals surface area contributed by atoms with Crippen molar-refractivity contribution >= 4 is 29.6 Å². The monoisotopic (exact) mass is 378 g/mol. The molecule has 1 fully saturated rings. The molecule has 7 nitrogen and oxygen atoms in total. The molecule has 142 valence electrons. The van der Waals surface area contributed by atoms with Gasteiger partial charge in [-0.3, -0.25) is 14.9 Å². The van der Waals surface area contributed by atoms with Crippen LogP contribution >= 0.6 is 0 Å². The van der Waals surface area contributed by atoms with Crippen molar-refractivity contribution < 1.29 is 23.9 Å².